The molecule has 0 radical (unpaired) electrons. The topological polar surface area (TPSA) is 93.5 Å². The van der Waals surface area contributed by atoms with Gasteiger partial charge in [-0.05, 0) is 18.9 Å². The van der Waals surface area contributed by atoms with E-state index >= 15 is 0 Å². The zero-order chi connectivity index (χ0) is 20.3. The van der Waals surface area contributed by atoms with Crippen molar-refractivity contribution in [2.24, 2.45) is 7.05 Å². The van der Waals surface area contributed by atoms with Gasteiger partial charge < -0.3 is 15.0 Å². The maximum Gasteiger partial charge on any atom is 0.341 e. The van der Waals surface area contributed by atoms with Crippen molar-refractivity contribution < 1.29 is 19.1 Å². The molecule has 10 heteroatoms. The Hall–Kier alpha value is -2.39. The van der Waals surface area contributed by atoms with Gasteiger partial charge >= 0.3 is 5.97 Å². The van der Waals surface area contributed by atoms with Crippen LogP contribution in [0.1, 0.15) is 49.4 Å². The van der Waals surface area contributed by atoms with Gasteiger partial charge in [-0.25, -0.2) is 4.79 Å². The number of carbonyl (C=O) groups is 3. The highest BCUT2D eigenvalue weighted by Crippen LogP contribution is 2.35. The molecule has 2 aromatic rings. The number of ether oxygens (including phenoxy) is 1. The average Bonchev–Trinajstić information content (AvgIpc) is 3.11. The van der Waals surface area contributed by atoms with Gasteiger partial charge in [0, 0.05) is 21.1 Å². The highest BCUT2D eigenvalue weighted by Gasteiger charge is 2.28. The molecule has 27 heavy (non-hydrogen) atoms. The van der Waals surface area contributed by atoms with Gasteiger partial charge in [-0.3, -0.25) is 14.3 Å². The summed E-state index contributed by atoms with van der Waals surface area (Å²) in [5.41, 5.74) is 0.785. The number of aromatic nitrogens is 2. The van der Waals surface area contributed by atoms with Gasteiger partial charge in [-0.15, -0.1) is 11.3 Å². The predicted octanol–water partition coefficient (Wildman–Crippen LogP) is 2.96. The van der Waals surface area contributed by atoms with Gasteiger partial charge in [0.1, 0.15) is 10.7 Å². The lowest BCUT2D eigenvalue weighted by atomic mass is 10.1. The lowest BCUT2D eigenvalue weighted by molar-refractivity contribution is 0.0506. The van der Waals surface area contributed by atoms with E-state index in [1.54, 1.807) is 28.1 Å². The van der Waals surface area contributed by atoms with Crippen LogP contribution in [0, 0.1) is 6.92 Å². The van der Waals surface area contributed by atoms with E-state index in [-0.39, 0.29) is 33.8 Å². The highest BCUT2D eigenvalue weighted by molar-refractivity contribution is 7.18. The van der Waals surface area contributed by atoms with Gasteiger partial charge in [0.05, 0.1) is 28.3 Å². The number of nitrogens with zero attached hydrogens (tertiary/aromatic N) is 3. The number of esters is 1. The van der Waals surface area contributed by atoms with Gasteiger partial charge in [0.2, 0.25) is 0 Å². The number of nitrogens with one attached hydrogen (secondary N) is 1. The molecule has 0 unspecified atom stereocenters. The van der Waals surface area contributed by atoms with Crippen LogP contribution >= 0.6 is 22.9 Å². The Labute approximate surface area is 166 Å². The van der Waals surface area contributed by atoms with Crippen molar-refractivity contribution >= 4 is 45.7 Å². The van der Waals surface area contributed by atoms with E-state index in [1.807, 2.05) is 6.92 Å². The van der Waals surface area contributed by atoms with Crippen LogP contribution in [-0.2, 0) is 11.8 Å². The van der Waals surface area contributed by atoms with Crippen LogP contribution < -0.4 is 5.32 Å². The molecule has 0 aliphatic heterocycles. The molecule has 0 saturated carbocycles. The standard InChI is InChI=1S/C17H21ClN4O4S/c1-6-7-26-17(25)11-9(2)13(16(24)21(3)4)27-15(11)20-14(23)12-10(18)8-19-22(12)5/h8H,6-7H2,1-5H3,(H,20,23). The van der Waals surface area contributed by atoms with Gasteiger partial charge in [0.15, 0.2) is 0 Å². The lowest BCUT2D eigenvalue weighted by Gasteiger charge is -2.09. The SMILES string of the molecule is CCCOC(=O)c1c(NC(=O)c2c(Cl)cnn2C)sc(C(=O)N(C)C)c1C. The minimum absolute atomic E-state index is 0.149. The molecule has 0 bridgehead atoms. The van der Waals surface area contributed by atoms with Crippen molar-refractivity contribution in [1.82, 2.24) is 14.7 Å². The second-order valence-corrected chi connectivity index (χ2v) is 7.44. The first-order valence-corrected chi connectivity index (χ1v) is 9.39. The Morgan fingerprint density at radius 1 is 1.37 bits per heavy atom. The number of rotatable bonds is 6. The summed E-state index contributed by atoms with van der Waals surface area (Å²) in [5.74, 6) is -1.38. The Kier molecular flexibility index (Phi) is 6.61. The molecule has 0 saturated heterocycles. The molecular weight excluding hydrogens is 392 g/mol. The zero-order valence-electron chi connectivity index (χ0n) is 15.8. The number of hydrogen-bond acceptors (Lipinski definition) is 6. The second-order valence-electron chi connectivity index (χ2n) is 6.01. The smallest absolute Gasteiger partial charge is 0.341 e. The molecule has 0 aliphatic carbocycles. The number of amides is 2. The first-order valence-electron chi connectivity index (χ1n) is 8.20. The molecule has 2 amide bonds. The molecule has 2 heterocycles. The summed E-state index contributed by atoms with van der Waals surface area (Å²) in [6.45, 7) is 3.77. The van der Waals surface area contributed by atoms with Gasteiger partial charge in [0.25, 0.3) is 11.8 Å². The summed E-state index contributed by atoms with van der Waals surface area (Å²) >= 11 is 7.04. The number of aryl methyl sites for hydroxylation is 1. The quantitative estimate of drug-likeness (QED) is 0.736. The van der Waals surface area contributed by atoms with Crippen molar-refractivity contribution in [2.45, 2.75) is 20.3 Å². The first kappa shape index (κ1) is 20.9. The Morgan fingerprint density at radius 2 is 2.04 bits per heavy atom. The summed E-state index contributed by atoms with van der Waals surface area (Å²) < 4.78 is 6.55. The van der Waals surface area contributed by atoms with Gasteiger partial charge in [-0.1, -0.05) is 18.5 Å². The number of anilines is 1. The summed E-state index contributed by atoms with van der Waals surface area (Å²) in [4.78, 5) is 39.3. The third kappa shape index (κ3) is 4.30. The van der Waals surface area contributed by atoms with Crippen molar-refractivity contribution in [3.8, 4) is 0 Å². The van der Waals surface area contributed by atoms with Crippen molar-refractivity contribution in [3.05, 3.63) is 32.9 Å². The molecule has 146 valence electrons. The van der Waals surface area contributed by atoms with E-state index in [1.165, 1.54) is 15.8 Å². The number of carbonyl (C=O) groups excluding carboxylic acids is 3. The minimum Gasteiger partial charge on any atom is -0.462 e. The Balaban J connectivity index is 2.47. The van der Waals surface area contributed by atoms with Crippen LogP contribution in [0.25, 0.3) is 0 Å². The molecule has 1 N–H and O–H groups in total. The fourth-order valence-electron chi connectivity index (χ4n) is 2.35. The summed E-state index contributed by atoms with van der Waals surface area (Å²) in [5, 5.41) is 7.02. The van der Waals surface area contributed by atoms with Crippen LogP contribution in [0.4, 0.5) is 5.00 Å². The molecule has 8 nitrogen and oxygen atoms in total. The van der Waals surface area contributed by atoms with E-state index in [0.717, 1.165) is 11.3 Å². The molecule has 0 spiro atoms. The summed E-state index contributed by atoms with van der Waals surface area (Å²) in [6.07, 6.45) is 2.01. The maximum atomic E-state index is 12.6. The summed E-state index contributed by atoms with van der Waals surface area (Å²) in [7, 11) is 4.81. The third-order valence-electron chi connectivity index (χ3n) is 3.72. The maximum absolute atomic E-state index is 12.6. The van der Waals surface area contributed by atoms with E-state index in [0.29, 0.717) is 16.9 Å². The fraction of sp³-hybridized carbons (Fsp3) is 0.412. The Bertz CT molecular complexity index is 868. The van der Waals surface area contributed by atoms with Crippen LogP contribution in [0.3, 0.4) is 0 Å². The van der Waals surface area contributed by atoms with Crippen molar-refractivity contribution in [2.75, 3.05) is 26.0 Å². The number of thiophene rings is 1. The van der Waals surface area contributed by atoms with E-state index in [4.69, 9.17) is 16.3 Å². The van der Waals surface area contributed by atoms with Gasteiger partial charge in [-0.2, -0.15) is 5.10 Å². The summed E-state index contributed by atoms with van der Waals surface area (Å²) in [6, 6.07) is 0. The van der Waals surface area contributed by atoms with E-state index < -0.39 is 11.9 Å². The first-order chi connectivity index (χ1) is 12.7. The molecule has 2 aromatic heterocycles. The normalized spacial score (nSPS) is 10.6. The van der Waals surface area contributed by atoms with Crippen molar-refractivity contribution in [1.29, 1.82) is 0 Å². The van der Waals surface area contributed by atoms with E-state index in [9.17, 15) is 14.4 Å². The lowest BCUT2D eigenvalue weighted by Crippen LogP contribution is -2.21. The average molecular weight is 413 g/mol. The molecule has 2 rings (SSSR count). The molecule has 0 aromatic carbocycles. The predicted molar refractivity (Wildman–Crippen MR) is 104 cm³/mol. The third-order valence-corrected chi connectivity index (χ3v) is 5.20. The van der Waals surface area contributed by atoms with Crippen LogP contribution in [0.5, 0.6) is 0 Å². The monoisotopic (exact) mass is 412 g/mol. The fourth-order valence-corrected chi connectivity index (χ4v) is 3.81. The number of hydrogen-bond donors (Lipinski definition) is 1. The second kappa shape index (κ2) is 8.53. The van der Waals surface area contributed by atoms with Crippen LogP contribution in [0.2, 0.25) is 5.02 Å². The minimum atomic E-state index is -0.588. The van der Waals surface area contributed by atoms with Crippen LogP contribution in [-0.4, -0.2) is 53.2 Å². The van der Waals surface area contributed by atoms with E-state index in [2.05, 4.69) is 10.4 Å². The van der Waals surface area contributed by atoms with Crippen LogP contribution in [0.15, 0.2) is 6.20 Å². The highest BCUT2D eigenvalue weighted by atomic mass is 35.5. The molecule has 0 fully saturated rings. The molecule has 0 atom stereocenters. The molecular formula is C17H21ClN4O4S. The number of halogens is 1. The molecule has 0 aliphatic rings. The Morgan fingerprint density at radius 3 is 2.56 bits per heavy atom. The van der Waals surface area contributed by atoms with Crippen molar-refractivity contribution in [3.63, 3.8) is 0 Å². The largest absolute Gasteiger partial charge is 0.462 e. The zero-order valence-corrected chi connectivity index (χ0v) is 17.3.